The predicted molar refractivity (Wildman–Crippen MR) is 100 cm³/mol. The summed E-state index contributed by atoms with van der Waals surface area (Å²) in [6, 6.07) is 0. The van der Waals surface area contributed by atoms with Crippen LogP contribution < -0.4 is 11.4 Å². The van der Waals surface area contributed by atoms with Gasteiger partial charge in [0.2, 0.25) is 0 Å². The normalized spacial score (nSPS) is 24.9. The number of hydrogen-bond donors (Lipinski definition) is 2. The van der Waals surface area contributed by atoms with Crippen LogP contribution in [0.5, 0.6) is 0 Å². The number of nitrogen functional groups attached to an aromatic ring is 1. The maximum atomic E-state index is 12.3. The molecule has 1 unspecified atom stereocenters. The van der Waals surface area contributed by atoms with Crippen LogP contribution in [-0.2, 0) is 18.6 Å². The molecule has 9 nitrogen and oxygen atoms in total. The lowest BCUT2D eigenvalue weighted by atomic mass is 10.2. The van der Waals surface area contributed by atoms with Crippen molar-refractivity contribution in [3.05, 3.63) is 22.2 Å². The minimum atomic E-state index is -3.84. The summed E-state index contributed by atoms with van der Waals surface area (Å²) >= 11 is 0. The Morgan fingerprint density at radius 2 is 2.19 bits per heavy atom. The second-order valence-corrected chi connectivity index (χ2v) is 9.29. The van der Waals surface area contributed by atoms with Crippen molar-refractivity contribution >= 4 is 13.4 Å². The lowest BCUT2D eigenvalue weighted by Crippen LogP contribution is -2.31. The Bertz CT molecular complexity index is 816. The van der Waals surface area contributed by atoms with E-state index in [0.29, 0.717) is 0 Å². The number of ether oxygens (including phenoxy) is 2. The Balaban J connectivity index is 2.29. The molecule has 2 rings (SSSR count). The number of rotatable bonds is 7. The molecule has 0 aromatic carbocycles. The molecule has 1 fully saturated rings. The molecule has 1 saturated heterocycles. The molecule has 1 aliphatic rings. The zero-order valence-electron chi connectivity index (χ0n) is 15.9. The minimum absolute atomic E-state index is 0.0381. The quantitative estimate of drug-likeness (QED) is 0.522. The minimum Gasteiger partial charge on any atom is -0.382 e. The lowest BCUT2D eigenvalue weighted by molar-refractivity contribution is -0.0723. The predicted octanol–water partition coefficient (Wildman–Crippen LogP) is 1.50. The first-order valence-electron chi connectivity index (χ1n) is 8.68. The molecular formula is C17H26N3O6P. The van der Waals surface area contributed by atoms with Crippen LogP contribution >= 0.6 is 7.60 Å². The van der Waals surface area contributed by atoms with Crippen molar-refractivity contribution in [3.8, 4) is 12.3 Å². The maximum Gasteiger partial charge on any atom is 0.351 e. The Labute approximate surface area is 158 Å². The van der Waals surface area contributed by atoms with Crippen molar-refractivity contribution in [1.82, 2.24) is 9.55 Å². The molecule has 10 heteroatoms. The molecule has 150 valence electrons. The number of hydrogen-bond acceptors (Lipinski definition) is 7. The molecule has 1 aromatic rings. The van der Waals surface area contributed by atoms with Crippen LogP contribution in [0.1, 0.15) is 45.9 Å². The molecule has 0 saturated carbocycles. The van der Waals surface area contributed by atoms with Gasteiger partial charge in [-0.15, -0.1) is 6.42 Å². The summed E-state index contributed by atoms with van der Waals surface area (Å²) in [5.41, 5.74) is 4.69. The maximum absolute atomic E-state index is 12.3. The molecule has 0 bridgehead atoms. The third-order valence-corrected chi connectivity index (χ3v) is 6.04. The topological polar surface area (TPSA) is 126 Å². The Morgan fingerprint density at radius 3 is 2.74 bits per heavy atom. The Morgan fingerprint density at radius 1 is 1.52 bits per heavy atom. The summed E-state index contributed by atoms with van der Waals surface area (Å²) < 4.78 is 30.5. The highest BCUT2D eigenvalue weighted by Gasteiger charge is 2.42. The van der Waals surface area contributed by atoms with Gasteiger partial charge in [-0.2, -0.15) is 4.98 Å². The van der Waals surface area contributed by atoms with Gasteiger partial charge in [0.05, 0.1) is 30.0 Å². The molecule has 0 radical (unpaired) electrons. The molecule has 0 aliphatic carbocycles. The fourth-order valence-corrected chi connectivity index (χ4v) is 3.39. The fraction of sp³-hybridized carbons (Fsp3) is 0.647. The van der Waals surface area contributed by atoms with E-state index in [9.17, 15) is 14.3 Å². The van der Waals surface area contributed by atoms with E-state index in [-0.39, 0.29) is 30.5 Å². The van der Waals surface area contributed by atoms with Gasteiger partial charge in [0, 0.05) is 12.6 Å². The Kier molecular flexibility index (Phi) is 6.84. The zero-order chi connectivity index (χ0) is 20.4. The highest BCUT2D eigenvalue weighted by molar-refractivity contribution is 7.53. The standard InChI is InChI=1S/C17H26N3O6P/c1-6-12-8-20(17(21)19-16(12)18)15-7-13(26-27(22,23)11(4)5)14(25-15)9-24-10(2)3/h1,8,10-11,13-15H,7,9H2,2-5H3,(H,22,23)(H2,18,19,21)/t13-,14+,15+/m0/s1. The largest absolute Gasteiger partial charge is 0.382 e. The van der Waals surface area contributed by atoms with E-state index in [2.05, 4.69) is 10.9 Å². The van der Waals surface area contributed by atoms with Crippen LogP contribution in [0.15, 0.2) is 11.0 Å². The van der Waals surface area contributed by atoms with Gasteiger partial charge in [-0.3, -0.25) is 9.13 Å². The summed E-state index contributed by atoms with van der Waals surface area (Å²) in [6.45, 7) is 7.07. The van der Waals surface area contributed by atoms with Crippen LogP contribution in [0, 0.1) is 12.3 Å². The smallest absolute Gasteiger partial charge is 0.351 e. The second kappa shape index (κ2) is 8.55. The number of nitrogens with zero attached hydrogens (tertiary/aromatic N) is 2. The number of nitrogens with two attached hydrogens (primary N) is 1. The summed E-state index contributed by atoms with van der Waals surface area (Å²) in [6.07, 6.45) is 4.74. The van der Waals surface area contributed by atoms with Crippen molar-refractivity contribution in [2.45, 2.75) is 64.3 Å². The van der Waals surface area contributed by atoms with Gasteiger partial charge in [0.15, 0.2) is 0 Å². The highest BCUT2D eigenvalue weighted by atomic mass is 31.2. The van der Waals surface area contributed by atoms with Crippen LogP contribution in [0.4, 0.5) is 5.82 Å². The van der Waals surface area contributed by atoms with E-state index in [0.717, 1.165) is 0 Å². The molecule has 0 amide bonds. The van der Waals surface area contributed by atoms with E-state index >= 15 is 0 Å². The van der Waals surface area contributed by atoms with Gasteiger partial charge in [0.1, 0.15) is 18.1 Å². The summed E-state index contributed by atoms with van der Waals surface area (Å²) in [5.74, 6) is 2.32. The fourth-order valence-electron chi connectivity index (χ4n) is 2.53. The van der Waals surface area contributed by atoms with Crippen molar-refractivity contribution in [2.24, 2.45) is 0 Å². The van der Waals surface area contributed by atoms with Crippen LogP contribution in [0.3, 0.4) is 0 Å². The summed E-state index contributed by atoms with van der Waals surface area (Å²) in [4.78, 5) is 26.0. The second-order valence-electron chi connectivity index (χ2n) is 6.92. The highest BCUT2D eigenvalue weighted by Crippen LogP contribution is 2.51. The van der Waals surface area contributed by atoms with Crippen LogP contribution in [-0.4, -0.2) is 45.0 Å². The molecule has 1 aliphatic heterocycles. The molecular weight excluding hydrogens is 373 g/mol. The van der Waals surface area contributed by atoms with Gasteiger partial charge in [-0.25, -0.2) is 4.79 Å². The van der Waals surface area contributed by atoms with E-state index in [1.165, 1.54) is 10.8 Å². The first kappa shape index (κ1) is 21.6. The van der Waals surface area contributed by atoms with Crippen LogP contribution in [0.2, 0.25) is 0 Å². The van der Waals surface area contributed by atoms with E-state index in [1.807, 2.05) is 13.8 Å². The zero-order valence-corrected chi connectivity index (χ0v) is 16.8. The van der Waals surface area contributed by atoms with E-state index in [4.69, 9.17) is 26.2 Å². The monoisotopic (exact) mass is 399 g/mol. The SMILES string of the molecule is C#Cc1cn([C@H]2C[C@H](OP(=O)(O)C(C)C)[C@@H](COC(C)C)O2)c(=O)nc1N. The van der Waals surface area contributed by atoms with Crippen molar-refractivity contribution in [3.63, 3.8) is 0 Å². The molecule has 3 N–H and O–H groups in total. The number of terminal acetylenes is 1. The molecule has 2 heterocycles. The number of anilines is 1. The van der Waals surface area contributed by atoms with Gasteiger partial charge in [-0.1, -0.05) is 19.8 Å². The van der Waals surface area contributed by atoms with Gasteiger partial charge < -0.3 is 24.6 Å². The summed E-state index contributed by atoms with van der Waals surface area (Å²) in [7, 11) is -3.84. The van der Waals surface area contributed by atoms with E-state index in [1.54, 1.807) is 13.8 Å². The van der Waals surface area contributed by atoms with Crippen molar-refractivity contribution in [1.29, 1.82) is 0 Å². The van der Waals surface area contributed by atoms with Crippen molar-refractivity contribution in [2.75, 3.05) is 12.3 Å². The molecule has 0 spiro atoms. The third kappa shape index (κ3) is 5.18. The molecule has 27 heavy (non-hydrogen) atoms. The average Bonchev–Trinajstić information content (AvgIpc) is 2.94. The molecule has 1 aromatic heterocycles. The number of aromatic nitrogens is 2. The van der Waals surface area contributed by atoms with E-state index < -0.39 is 37.4 Å². The van der Waals surface area contributed by atoms with Crippen LogP contribution in [0.25, 0.3) is 0 Å². The summed E-state index contributed by atoms with van der Waals surface area (Å²) in [5, 5.41) is 0. The van der Waals surface area contributed by atoms with Gasteiger partial charge in [0.25, 0.3) is 0 Å². The first-order chi connectivity index (χ1) is 12.5. The third-order valence-electron chi connectivity index (χ3n) is 4.16. The van der Waals surface area contributed by atoms with Gasteiger partial charge >= 0.3 is 13.3 Å². The molecule has 4 atom stereocenters. The van der Waals surface area contributed by atoms with Gasteiger partial charge in [-0.05, 0) is 13.8 Å². The average molecular weight is 399 g/mol. The van der Waals surface area contributed by atoms with Crippen molar-refractivity contribution < 1.29 is 23.5 Å². The Hall–Kier alpha value is -1.69. The lowest BCUT2D eigenvalue weighted by Gasteiger charge is -2.24. The first-order valence-corrected chi connectivity index (χ1v) is 10.3.